The fraction of sp³-hybridized carbons (Fsp3) is 0.462. The zero-order chi connectivity index (χ0) is 16.4. The Kier molecular flexibility index (Phi) is 4.93. The Morgan fingerprint density at radius 2 is 1.71 bits per heavy atom. The predicted octanol–water partition coefficient (Wildman–Crippen LogP) is 0.731. The molecule has 0 unspecified atom stereocenters. The Hall–Kier alpha value is -2.12. The molecular weight excluding hydrogens is 291 g/mol. The van der Waals surface area contributed by atoms with Crippen LogP contribution in [-0.4, -0.2) is 16.9 Å². The van der Waals surface area contributed by atoms with Crippen LogP contribution < -0.4 is 10.2 Å². The summed E-state index contributed by atoms with van der Waals surface area (Å²) in [6, 6.07) is 0. The summed E-state index contributed by atoms with van der Waals surface area (Å²) >= 11 is 0. The molecule has 21 heavy (non-hydrogen) atoms. The van der Waals surface area contributed by atoms with E-state index >= 15 is 0 Å². The lowest BCUT2D eigenvalue weighted by Crippen LogP contribution is -2.33. The van der Waals surface area contributed by atoms with Gasteiger partial charge >= 0.3 is 6.18 Å². The lowest BCUT2D eigenvalue weighted by Gasteiger charge is -2.25. The number of rotatable bonds is 5. The fourth-order valence-corrected chi connectivity index (χ4v) is 2.23. The van der Waals surface area contributed by atoms with Gasteiger partial charge in [0.2, 0.25) is 0 Å². The predicted molar refractivity (Wildman–Crippen MR) is 61.2 cm³/mol. The average Bonchev–Trinajstić information content (AvgIpc) is 2.37. The van der Waals surface area contributed by atoms with Crippen LogP contribution in [0.1, 0.15) is 64.6 Å². The maximum absolute atomic E-state index is 12.9. The summed E-state index contributed by atoms with van der Waals surface area (Å²) in [5.41, 5.74) is -3.98. The number of hydrogen-bond donors (Lipinski definition) is 0. The van der Waals surface area contributed by atoms with Gasteiger partial charge in [0.05, 0.1) is 11.9 Å². The smallest absolute Gasteiger partial charge is 0.434 e. The van der Waals surface area contributed by atoms with Crippen molar-refractivity contribution < 1.29 is 33.0 Å². The van der Waals surface area contributed by atoms with E-state index in [1.54, 1.807) is 13.8 Å². The standard InChI is InChI=1S/C13H14F3NO4/c1-3-6(4-2)8-7(11(18)19)5-17-10(13(14,15)16)9(8)12(20)21/h5-6H,3-4H2,1-2H3,(H,18,19)(H,20,21)/p-2. The number of carboxylic acid groups (broad SMARTS) is 2. The van der Waals surface area contributed by atoms with Gasteiger partial charge in [-0.05, 0) is 24.3 Å². The summed E-state index contributed by atoms with van der Waals surface area (Å²) in [4.78, 5) is 25.1. The van der Waals surface area contributed by atoms with Crippen molar-refractivity contribution in [3.63, 3.8) is 0 Å². The van der Waals surface area contributed by atoms with E-state index in [9.17, 15) is 33.0 Å². The molecule has 0 fully saturated rings. The SMILES string of the molecule is CCC(CC)c1c(C(=O)[O-])cnc(C(F)(F)F)c1C(=O)[O-]. The second-order valence-corrected chi connectivity index (χ2v) is 4.40. The van der Waals surface area contributed by atoms with Crippen molar-refractivity contribution in [2.75, 3.05) is 0 Å². The Morgan fingerprint density at radius 1 is 1.19 bits per heavy atom. The molecule has 0 bridgehead atoms. The van der Waals surface area contributed by atoms with Gasteiger partial charge < -0.3 is 19.8 Å². The minimum Gasteiger partial charge on any atom is -0.545 e. The van der Waals surface area contributed by atoms with Crippen LogP contribution in [0.2, 0.25) is 0 Å². The molecule has 1 aromatic heterocycles. The Morgan fingerprint density at radius 3 is 2.05 bits per heavy atom. The van der Waals surface area contributed by atoms with Gasteiger partial charge in [0, 0.05) is 17.3 Å². The number of halogens is 3. The van der Waals surface area contributed by atoms with Gasteiger partial charge in [0.25, 0.3) is 0 Å². The lowest BCUT2D eigenvalue weighted by atomic mass is 9.86. The summed E-state index contributed by atoms with van der Waals surface area (Å²) in [7, 11) is 0. The summed E-state index contributed by atoms with van der Waals surface area (Å²) < 4.78 is 38.6. The molecule has 0 amide bonds. The molecule has 116 valence electrons. The second kappa shape index (κ2) is 6.11. The molecule has 0 aromatic carbocycles. The van der Waals surface area contributed by atoms with Crippen molar-refractivity contribution in [3.05, 3.63) is 28.6 Å². The number of hydrogen-bond acceptors (Lipinski definition) is 5. The number of aromatic nitrogens is 1. The van der Waals surface area contributed by atoms with Gasteiger partial charge in [0.1, 0.15) is 0 Å². The first-order valence-corrected chi connectivity index (χ1v) is 6.17. The number of aromatic carboxylic acids is 2. The molecule has 0 saturated carbocycles. The van der Waals surface area contributed by atoms with Crippen molar-refractivity contribution in [2.24, 2.45) is 0 Å². The average molecular weight is 303 g/mol. The third kappa shape index (κ3) is 3.32. The van der Waals surface area contributed by atoms with Gasteiger partial charge in [-0.2, -0.15) is 13.2 Å². The van der Waals surface area contributed by atoms with Crippen molar-refractivity contribution in [3.8, 4) is 0 Å². The number of nitrogens with zero attached hydrogens (tertiary/aromatic N) is 1. The van der Waals surface area contributed by atoms with Crippen LogP contribution in [0.15, 0.2) is 6.20 Å². The molecule has 0 aliphatic heterocycles. The number of carbonyl (C=O) groups excluding carboxylic acids is 2. The minimum absolute atomic E-state index is 0.262. The summed E-state index contributed by atoms with van der Waals surface area (Å²) in [6.07, 6.45) is -4.02. The van der Waals surface area contributed by atoms with E-state index in [1.807, 2.05) is 0 Å². The second-order valence-electron chi connectivity index (χ2n) is 4.40. The van der Waals surface area contributed by atoms with Crippen LogP contribution in [0.4, 0.5) is 13.2 Å². The molecule has 8 heteroatoms. The molecule has 5 nitrogen and oxygen atoms in total. The Balaban J connectivity index is 3.82. The molecule has 0 aliphatic rings. The first-order chi connectivity index (χ1) is 9.65. The zero-order valence-electron chi connectivity index (χ0n) is 11.3. The number of carboxylic acids is 2. The molecule has 0 radical (unpaired) electrons. The maximum atomic E-state index is 12.9. The molecule has 1 heterocycles. The van der Waals surface area contributed by atoms with Crippen LogP contribution >= 0.6 is 0 Å². The third-order valence-corrected chi connectivity index (χ3v) is 3.21. The van der Waals surface area contributed by atoms with Crippen molar-refractivity contribution >= 4 is 11.9 Å². The molecule has 1 aromatic rings. The number of carbonyl (C=O) groups is 2. The number of alkyl halides is 3. The van der Waals surface area contributed by atoms with E-state index < -0.39 is 46.4 Å². The monoisotopic (exact) mass is 303 g/mol. The van der Waals surface area contributed by atoms with Gasteiger partial charge in [-0.25, -0.2) is 0 Å². The van der Waals surface area contributed by atoms with Crippen LogP contribution in [0.25, 0.3) is 0 Å². The summed E-state index contributed by atoms with van der Waals surface area (Å²) in [5, 5.41) is 22.2. The van der Waals surface area contributed by atoms with Gasteiger partial charge in [-0.3, -0.25) is 4.98 Å². The highest BCUT2D eigenvalue weighted by Crippen LogP contribution is 2.37. The minimum atomic E-state index is -5.03. The van der Waals surface area contributed by atoms with Crippen LogP contribution in [-0.2, 0) is 6.18 Å². The summed E-state index contributed by atoms with van der Waals surface area (Å²) in [5.74, 6) is -4.57. The van der Waals surface area contributed by atoms with Gasteiger partial charge in [-0.1, -0.05) is 13.8 Å². The molecule has 1 rings (SSSR count). The third-order valence-electron chi connectivity index (χ3n) is 3.21. The molecular formula is C13H12F3NO4-2. The molecule has 0 atom stereocenters. The first-order valence-electron chi connectivity index (χ1n) is 6.17. The Bertz CT molecular complexity index is 565. The van der Waals surface area contributed by atoms with E-state index in [0.717, 1.165) is 0 Å². The zero-order valence-corrected chi connectivity index (χ0v) is 11.3. The molecule has 0 saturated heterocycles. The summed E-state index contributed by atoms with van der Waals surface area (Å²) in [6.45, 7) is 3.22. The maximum Gasteiger partial charge on any atom is 0.434 e. The highest BCUT2D eigenvalue weighted by molar-refractivity contribution is 5.96. The quantitative estimate of drug-likeness (QED) is 0.799. The normalized spacial score (nSPS) is 11.7. The largest absolute Gasteiger partial charge is 0.545 e. The highest BCUT2D eigenvalue weighted by atomic mass is 19.4. The number of pyridine rings is 1. The lowest BCUT2D eigenvalue weighted by molar-refractivity contribution is -0.256. The first kappa shape index (κ1) is 16.9. The highest BCUT2D eigenvalue weighted by Gasteiger charge is 2.38. The van der Waals surface area contributed by atoms with E-state index in [2.05, 4.69) is 4.98 Å². The Labute approximate surface area is 118 Å². The fourth-order valence-electron chi connectivity index (χ4n) is 2.23. The van der Waals surface area contributed by atoms with Gasteiger partial charge in [0.15, 0.2) is 5.69 Å². The van der Waals surface area contributed by atoms with Crippen LogP contribution in [0, 0.1) is 0 Å². The van der Waals surface area contributed by atoms with Crippen molar-refractivity contribution in [1.82, 2.24) is 4.98 Å². The molecule has 0 spiro atoms. The van der Waals surface area contributed by atoms with E-state index in [-0.39, 0.29) is 12.8 Å². The topological polar surface area (TPSA) is 93.2 Å². The van der Waals surface area contributed by atoms with Crippen LogP contribution in [0.5, 0.6) is 0 Å². The van der Waals surface area contributed by atoms with E-state index in [1.165, 1.54) is 0 Å². The molecule has 0 aliphatic carbocycles. The van der Waals surface area contributed by atoms with Crippen LogP contribution in [0.3, 0.4) is 0 Å². The van der Waals surface area contributed by atoms with E-state index in [4.69, 9.17) is 0 Å². The van der Waals surface area contributed by atoms with Crippen molar-refractivity contribution in [1.29, 1.82) is 0 Å². The van der Waals surface area contributed by atoms with E-state index in [0.29, 0.717) is 6.20 Å². The molecule has 0 N–H and O–H groups in total. The van der Waals surface area contributed by atoms with Crippen molar-refractivity contribution in [2.45, 2.75) is 38.8 Å². The van der Waals surface area contributed by atoms with Gasteiger partial charge in [-0.15, -0.1) is 0 Å².